The highest BCUT2D eigenvalue weighted by Gasteiger charge is 2.26. The number of pyridine rings is 1. The first kappa shape index (κ1) is 21.4. The topological polar surface area (TPSA) is 68.7 Å². The van der Waals surface area contributed by atoms with Gasteiger partial charge in [-0.1, -0.05) is 17.7 Å². The molecule has 0 saturated carbocycles. The van der Waals surface area contributed by atoms with Gasteiger partial charge in [0, 0.05) is 57.7 Å². The number of hydrogen-bond acceptors (Lipinski definition) is 5. The highest BCUT2D eigenvalue weighted by atomic mass is 16.3. The lowest BCUT2D eigenvalue weighted by molar-refractivity contribution is -0.114. The number of piperazine rings is 1. The maximum atomic E-state index is 11.4. The number of carbonyl (C=O) groups is 1. The number of nitrogens with zero attached hydrogens (tertiary/aromatic N) is 3. The van der Waals surface area contributed by atoms with Gasteiger partial charge in [0.2, 0.25) is 5.91 Å². The first-order valence-corrected chi connectivity index (χ1v) is 10.3. The summed E-state index contributed by atoms with van der Waals surface area (Å²) >= 11 is 0. The molecule has 0 radical (unpaired) electrons. The predicted octanol–water partition coefficient (Wildman–Crippen LogP) is 3.03. The predicted molar refractivity (Wildman–Crippen MR) is 118 cm³/mol. The van der Waals surface area contributed by atoms with Crippen LogP contribution in [0.5, 0.6) is 0 Å². The summed E-state index contributed by atoms with van der Waals surface area (Å²) in [7, 11) is 0. The van der Waals surface area contributed by atoms with Crippen molar-refractivity contribution in [1.29, 1.82) is 0 Å². The van der Waals surface area contributed by atoms with E-state index in [1.54, 1.807) is 0 Å². The number of aromatic nitrogens is 1. The Bertz CT molecular complexity index is 876. The van der Waals surface area contributed by atoms with Gasteiger partial charge in [-0.15, -0.1) is 0 Å². The SMILES string of the molecule is CC(=O)Nc1cccc2nc(CN3CCN(CC=C(C)C)C(CCO)C3)ccc12. The summed E-state index contributed by atoms with van der Waals surface area (Å²) < 4.78 is 0. The van der Waals surface area contributed by atoms with Crippen LogP contribution < -0.4 is 5.32 Å². The van der Waals surface area contributed by atoms with Crippen LogP contribution in [0.3, 0.4) is 0 Å². The highest BCUT2D eigenvalue weighted by Crippen LogP contribution is 2.23. The van der Waals surface area contributed by atoms with Crippen LogP contribution in [-0.4, -0.2) is 64.6 Å². The molecule has 0 bridgehead atoms. The standard InChI is InChI=1S/C23H32N4O2/c1-17(2)9-11-27-13-12-26(16-20(27)10-14-28)15-19-7-8-21-22(24-18(3)29)5-4-6-23(21)25-19/h4-9,20,28H,10-16H2,1-3H3,(H,24,29). The summed E-state index contributed by atoms with van der Waals surface area (Å²) in [5.41, 5.74) is 4.04. The first-order chi connectivity index (χ1) is 14.0. The number of fused-ring (bicyclic) bond motifs is 1. The van der Waals surface area contributed by atoms with Gasteiger partial charge in [0.1, 0.15) is 0 Å². The first-order valence-electron chi connectivity index (χ1n) is 10.3. The van der Waals surface area contributed by atoms with Gasteiger partial charge in [-0.3, -0.25) is 19.6 Å². The van der Waals surface area contributed by atoms with E-state index >= 15 is 0 Å². The smallest absolute Gasteiger partial charge is 0.221 e. The Morgan fingerprint density at radius 1 is 1.24 bits per heavy atom. The number of rotatable bonds is 7. The number of aliphatic hydroxyl groups is 1. The quantitative estimate of drug-likeness (QED) is 0.704. The largest absolute Gasteiger partial charge is 0.396 e. The third-order valence-electron chi connectivity index (χ3n) is 5.37. The fourth-order valence-corrected chi connectivity index (χ4v) is 3.88. The van der Waals surface area contributed by atoms with Crippen molar-refractivity contribution in [3.63, 3.8) is 0 Å². The van der Waals surface area contributed by atoms with Crippen LogP contribution in [0.25, 0.3) is 10.9 Å². The summed E-state index contributed by atoms with van der Waals surface area (Å²) in [6.45, 7) is 10.6. The monoisotopic (exact) mass is 396 g/mol. The molecule has 156 valence electrons. The van der Waals surface area contributed by atoms with E-state index in [-0.39, 0.29) is 12.5 Å². The Morgan fingerprint density at radius 3 is 2.79 bits per heavy atom. The minimum Gasteiger partial charge on any atom is -0.396 e. The van der Waals surface area contributed by atoms with Gasteiger partial charge in [0.15, 0.2) is 0 Å². The van der Waals surface area contributed by atoms with E-state index in [9.17, 15) is 9.90 Å². The van der Waals surface area contributed by atoms with Gasteiger partial charge >= 0.3 is 0 Å². The van der Waals surface area contributed by atoms with Gasteiger partial charge in [0.25, 0.3) is 0 Å². The van der Waals surface area contributed by atoms with Gasteiger partial charge in [0.05, 0.1) is 16.9 Å². The fourth-order valence-electron chi connectivity index (χ4n) is 3.88. The molecule has 1 saturated heterocycles. The van der Waals surface area contributed by atoms with E-state index < -0.39 is 0 Å². The van der Waals surface area contributed by atoms with Crippen molar-refractivity contribution in [2.24, 2.45) is 0 Å². The molecule has 2 N–H and O–H groups in total. The number of aliphatic hydroxyl groups excluding tert-OH is 1. The molecule has 0 spiro atoms. The molecule has 0 aliphatic carbocycles. The van der Waals surface area contributed by atoms with Crippen LogP contribution >= 0.6 is 0 Å². The van der Waals surface area contributed by atoms with E-state index in [0.29, 0.717) is 6.04 Å². The Labute approximate surface area is 173 Å². The molecule has 1 aromatic heterocycles. The number of nitrogens with one attached hydrogen (secondary N) is 1. The van der Waals surface area contributed by atoms with Crippen molar-refractivity contribution in [2.75, 3.05) is 38.1 Å². The molecule has 1 atom stereocenters. The van der Waals surface area contributed by atoms with Crippen LogP contribution in [0.15, 0.2) is 42.0 Å². The summed E-state index contributed by atoms with van der Waals surface area (Å²) in [6, 6.07) is 10.2. The molecule has 6 nitrogen and oxygen atoms in total. The summed E-state index contributed by atoms with van der Waals surface area (Å²) in [6.07, 6.45) is 3.05. The van der Waals surface area contributed by atoms with E-state index in [2.05, 4.69) is 35.0 Å². The molecule has 29 heavy (non-hydrogen) atoms. The van der Waals surface area contributed by atoms with E-state index in [4.69, 9.17) is 4.98 Å². The van der Waals surface area contributed by atoms with Gasteiger partial charge in [-0.2, -0.15) is 0 Å². The van der Waals surface area contributed by atoms with Gasteiger partial charge in [-0.25, -0.2) is 0 Å². The third-order valence-corrected chi connectivity index (χ3v) is 5.37. The number of hydrogen-bond donors (Lipinski definition) is 2. The highest BCUT2D eigenvalue weighted by molar-refractivity contribution is 6.00. The van der Waals surface area contributed by atoms with Crippen LogP contribution in [0.2, 0.25) is 0 Å². The molecule has 2 heterocycles. The summed E-state index contributed by atoms with van der Waals surface area (Å²) in [4.78, 5) is 21.1. The van der Waals surface area contributed by atoms with Gasteiger partial charge < -0.3 is 10.4 Å². The second kappa shape index (κ2) is 9.96. The van der Waals surface area contributed by atoms with Crippen LogP contribution in [0.1, 0.15) is 32.9 Å². The second-order valence-electron chi connectivity index (χ2n) is 8.03. The fraction of sp³-hybridized carbons (Fsp3) is 0.478. The molecule has 6 heteroatoms. The van der Waals surface area contributed by atoms with Crippen molar-refractivity contribution in [2.45, 2.75) is 39.8 Å². The summed E-state index contributed by atoms with van der Waals surface area (Å²) in [5.74, 6) is -0.0810. The molecule has 2 aromatic rings. The molecular weight excluding hydrogens is 364 g/mol. The number of amides is 1. The Balaban J connectivity index is 1.70. The Hall–Kier alpha value is -2.28. The maximum Gasteiger partial charge on any atom is 0.221 e. The average Bonchev–Trinajstić information content (AvgIpc) is 2.67. The lowest BCUT2D eigenvalue weighted by atomic mass is 10.1. The molecule has 3 rings (SSSR count). The van der Waals surface area contributed by atoms with E-state index in [1.165, 1.54) is 12.5 Å². The van der Waals surface area contributed by atoms with Crippen LogP contribution in [0.4, 0.5) is 5.69 Å². The minimum atomic E-state index is -0.0810. The lowest BCUT2D eigenvalue weighted by Gasteiger charge is -2.41. The Morgan fingerprint density at radius 2 is 2.07 bits per heavy atom. The third kappa shape index (κ3) is 5.85. The zero-order valence-electron chi connectivity index (χ0n) is 17.7. The molecule has 1 unspecified atom stereocenters. The number of allylic oxidation sites excluding steroid dienone is 1. The van der Waals surface area contributed by atoms with Crippen molar-refractivity contribution < 1.29 is 9.90 Å². The van der Waals surface area contributed by atoms with Crippen LogP contribution in [0, 0.1) is 0 Å². The minimum absolute atomic E-state index is 0.0810. The summed E-state index contributed by atoms with van der Waals surface area (Å²) in [5, 5.41) is 13.3. The normalized spacial score (nSPS) is 18.0. The van der Waals surface area contributed by atoms with E-state index in [0.717, 1.165) is 61.4 Å². The molecule has 1 amide bonds. The van der Waals surface area contributed by atoms with Gasteiger partial charge in [-0.05, 0) is 44.5 Å². The molecular formula is C23H32N4O2. The average molecular weight is 397 g/mol. The lowest BCUT2D eigenvalue weighted by Crippen LogP contribution is -2.53. The maximum absolute atomic E-state index is 11.4. The second-order valence-corrected chi connectivity index (χ2v) is 8.03. The molecule has 1 aromatic carbocycles. The molecule has 1 fully saturated rings. The zero-order valence-corrected chi connectivity index (χ0v) is 17.7. The van der Waals surface area contributed by atoms with Crippen molar-refractivity contribution in [3.05, 3.63) is 47.7 Å². The zero-order chi connectivity index (χ0) is 20.8. The molecule has 1 aliphatic rings. The van der Waals surface area contributed by atoms with Crippen molar-refractivity contribution in [1.82, 2.24) is 14.8 Å². The number of carbonyl (C=O) groups excluding carboxylic acids is 1. The van der Waals surface area contributed by atoms with Crippen molar-refractivity contribution >= 4 is 22.5 Å². The van der Waals surface area contributed by atoms with E-state index in [1.807, 2.05) is 30.3 Å². The number of anilines is 1. The number of benzene rings is 1. The van der Waals surface area contributed by atoms with Crippen molar-refractivity contribution in [3.8, 4) is 0 Å². The molecule has 1 aliphatic heterocycles. The Kier molecular flexibility index (Phi) is 7.36. The van der Waals surface area contributed by atoms with Crippen LogP contribution in [-0.2, 0) is 11.3 Å².